The summed E-state index contributed by atoms with van der Waals surface area (Å²) in [6.45, 7) is -0.0751. The summed E-state index contributed by atoms with van der Waals surface area (Å²) in [5, 5.41) is 6.15. The summed E-state index contributed by atoms with van der Waals surface area (Å²) >= 11 is 0. The van der Waals surface area contributed by atoms with E-state index in [9.17, 15) is 18.0 Å². The van der Waals surface area contributed by atoms with Crippen LogP contribution in [0.4, 0.5) is 0 Å². The molecule has 2 aromatic heterocycles. The Morgan fingerprint density at radius 2 is 2.00 bits per heavy atom. The number of hydrogen-bond acceptors (Lipinski definition) is 6. The van der Waals surface area contributed by atoms with E-state index in [1.807, 2.05) is 0 Å². The largest absolute Gasteiger partial charge is 0.330 e. The number of aromatic amines is 1. The van der Waals surface area contributed by atoms with Crippen LogP contribution in [0.1, 0.15) is 5.82 Å². The molecule has 0 aliphatic heterocycles. The molecule has 0 amide bonds. The summed E-state index contributed by atoms with van der Waals surface area (Å²) < 4.78 is 27.6. The highest BCUT2D eigenvalue weighted by molar-refractivity contribution is 7.89. The maximum Gasteiger partial charge on any atom is 0.330 e. The fourth-order valence-electron chi connectivity index (χ4n) is 1.72. The molecule has 114 valence electrons. The van der Waals surface area contributed by atoms with Gasteiger partial charge in [-0.25, -0.2) is 18.2 Å². The minimum atomic E-state index is -4.05. The van der Waals surface area contributed by atoms with E-state index in [1.165, 1.54) is 27.5 Å². The van der Waals surface area contributed by atoms with E-state index in [2.05, 4.69) is 15.2 Å². The van der Waals surface area contributed by atoms with Gasteiger partial charge in [0.15, 0.2) is 4.90 Å². The number of nitrogens with zero attached hydrogens (tertiary/aromatic N) is 5. The molecular weight excluding hydrogens is 300 g/mol. The molecule has 0 aliphatic carbocycles. The fourth-order valence-corrected chi connectivity index (χ4v) is 3.00. The van der Waals surface area contributed by atoms with E-state index in [4.69, 9.17) is 0 Å². The van der Waals surface area contributed by atoms with Crippen molar-refractivity contribution in [2.45, 2.75) is 11.4 Å². The topological polar surface area (TPSA) is 123 Å². The summed E-state index contributed by atoms with van der Waals surface area (Å²) in [5.41, 5.74) is -1.47. The van der Waals surface area contributed by atoms with E-state index in [0.717, 1.165) is 19.6 Å². The van der Waals surface area contributed by atoms with Crippen LogP contribution in [0.15, 0.2) is 27.0 Å². The number of aromatic nitrogens is 5. The molecule has 0 aliphatic rings. The van der Waals surface area contributed by atoms with E-state index in [1.54, 1.807) is 0 Å². The van der Waals surface area contributed by atoms with Crippen LogP contribution in [0.25, 0.3) is 0 Å². The first-order chi connectivity index (χ1) is 9.75. The minimum absolute atomic E-state index is 0.0751. The standard InChI is InChI=1S/C10H14N6O4S/c1-14-4-7(9(17)16(3)10(14)18)21(19,20)15(2)5-8-11-6-12-13-8/h4,6H,5H2,1-3H3,(H,11,12,13). The number of hydrogen-bond donors (Lipinski definition) is 1. The third-order valence-corrected chi connectivity index (χ3v) is 4.73. The first-order valence-electron chi connectivity index (χ1n) is 5.82. The van der Waals surface area contributed by atoms with Gasteiger partial charge in [-0.15, -0.1) is 0 Å². The second-order valence-electron chi connectivity index (χ2n) is 4.44. The van der Waals surface area contributed by atoms with Crippen LogP contribution >= 0.6 is 0 Å². The van der Waals surface area contributed by atoms with Crippen molar-refractivity contribution in [1.82, 2.24) is 28.6 Å². The highest BCUT2D eigenvalue weighted by Crippen LogP contribution is 2.10. The van der Waals surface area contributed by atoms with Crippen LogP contribution in [0.3, 0.4) is 0 Å². The molecule has 0 radical (unpaired) electrons. The Kier molecular flexibility index (Phi) is 3.78. The molecule has 0 aromatic carbocycles. The average molecular weight is 314 g/mol. The van der Waals surface area contributed by atoms with E-state index < -0.39 is 26.2 Å². The zero-order chi connectivity index (χ0) is 15.8. The van der Waals surface area contributed by atoms with Crippen molar-refractivity contribution in [2.24, 2.45) is 14.1 Å². The van der Waals surface area contributed by atoms with Gasteiger partial charge in [-0.3, -0.25) is 14.5 Å². The van der Waals surface area contributed by atoms with Gasteiger partial charge in [-0.2, -0.15) is 9.40 Å². The molecule has 2 heterocycles. The van der Waals surface area contributed by atoms with Crippen molar-refractivity contribution >= 4 is 10.0 Å². The van der Waals surface area contributed by atoms with Crippen LogP contribution in [-0.2, 0) is 30.7 Å². The summed E-state index contributed by atoms with van der Waals surface area (Å²) in [5.74, 6) is 0.336. The van der Waals surface area contributed by atoms with E-state index in [-0.39, 0.29) is 6.54 Å². The quantitative estimate of drug-likeness (QED) is 0.698. The molecule has 2 rings (SSSR count). The lowest BCUT2D eigenvalue weighted by atomic mass is 10.6. The Morgan fingerprint density at radius 1 is 1.33 bits per heavy atom. The second-order valence-corrected chi connectivity index (χ2v) is 6.46. The first-order valence-corrected chi connectivity index (χ1v) is 7.26. The van der Waals surface area contributed by atoms with Crippen LogP contribution < -0.4 is 11.2 Å². The highest BCUT2D eigenvalue weighted by atomic mass is 32.2. The summed E-state index contributed by atoms with van der Waals surface area (Å²) in [4.78, 5) is 26.9. The third-order valence-electron chi connectivity index (χ3n) is 2.94. The van der Waals surface area contributed by atoms with Crippen molar-refractivity contribution in [3.05, 3.63) is 39.2 Å². The van der Waals surface area contributed by atoms with E-state index in [0.29, 0.717) is 5.82 Å². The van der Waals surface area contributed by atoms with Gasteiger partial charge < -0.3 is 4.57 Å². The molecule has 0 bridgehead atoms. The second kappa shape index (κ2) is 5.26. The van der Waals surface area contributed by atoms with Crippen molar-refractivity contribution in [1.29, 1.82) is 0 Å². The monoisotopic (exact) mass is 314 g/mol. The lowest BCUT2D eigenvalue weighted by Crippen LogP contribution is -2.41. The Bertz CT molecular complexity index is 864. The third kappa shape index (κ3) is 2.64. The number of aryl methyl sites for hydroxylation is 1. The molecule has 10 nitrogen and oxygen atoms in total. The SMILES string of the molecule is CN(Cc1ncn[nH]1)S(=O)(=O)c1cn(C)c(=O)n(C)c1=O. The molecule has 2 aromatic rings. The predicted molar refractivity (Wildman–Crippen MR) is 72.0 cm³/mol. The molecule has 1 N–H and O–H groups in total. The summed E-state index contributed by atoms with van der Waals surface area (Å²) in [7, 11) is -0.152. The van der Waals surface area contributed by atoms with Gasteiger partial charge in [-0.05, 0) is 0 Å². The van der Waals surface area contributed by atoms with Gasteiger partial charge in [0, 0.05) is 27.3 Å². The fraction of sp³-hybridized carbons (Fsp3) is 0.400. The molecule has 0 unspecified atom stereocenters. The predicted octanol–water partition coefficient (Wildman–Crippen LogP) is -1.98. The van der Waals surface area contributed by atoms with Crippen LogP contribution in [-0.4, -0.2) is 44.1 Å². The molecule has 0 saturated carbocycles. The Hall–Kier alpha value is -2.27. The Morgan fingerprint density at radius 3 is 2.57 bits per heavy atom. The number of H-pyrrole nitrogens is 1. The number of rotatable bonds is 4. The summed E-state index contributed by atoms with van der Waals surface area (Å²) in [6.07, 6.45) is 2.26. The van der Waals surface area contributed by atoms with Crippen molar-refractivity contribution < 1.29 is 8.42 Å². The maximum absolute atomic E-state index is 12.4. The zero-order valence-electron chi connectivity index (χ0n) is 11.6. The normalized spacial score (nSPS) is 12.0. The van der Waals surface area contributed by atoms with Crippen molar-refractivity contribution in [3.63, 3.8) is 0 Å². The average Bonchev–Trinajstić information content (AvgIpc) is 2.93. The van der Waals surface area contributed by atoms with Gasteiger partial charge >= 0.3 is 5.69 Å². The van der Waals surface area contributed by atoms with Crippen LogP contribution in [0, 0.1) is 0 Å². The molecule has 0 fully saturated rings. The molecule has 0 atom stereocenters. The molecule has 21 heavy (non-hydrogen) atoms. The zero-order valence-corrected chi connectivity index (χ0v) is 12.5. The van der Waals surface area contributed by atoms with Gasteiger partial charge in [-0.1, -0.05) is 0 Å². The molecule has 0 spiro atoms. The summed E-state index contributed by atoms with van der Waals surface area (Å²) in [6, 6.07) is 0. The maximum atomic E-state index is 12.4. The van der Waals surface area contributed by atoms with Crippen LogP contribution in [0.5, 0.6) is 0 Å². The van der Waals surface area contributed by atoms with Gasteiger partial charge in [0.1, 0.15) is 12.2 Å². The van der Waals surface area contributed by atoms with Gasteiger partial charge in [0.25, 0.3) is 5.56 Å². The van der Waals surface area contributed by atoms with Crippen molar-refractivity contribution in [3.8, 4) is 0 Å². The van der Waals surface area contributed by atoms with Crippen LogP contribution in [0.2, 0.25) is 0 Å². The van der Waals surface area contributed by atoms with E-state index >= 15 is 0 Å². The lowest BCUT2D eigenvalue weighted by Gasteiger charge is -2.16. The minimum Gasteiger partial charge on any atom is -0.302 e. The smallest absolute Gasteiger partial charge is 0.302 e. The molecule has 11 heteroatoms. The number of nitrogens with one attached hydrogen (secondary N) is 1. The number of sulfonamides is 1. The first kappa shape index (κ1) is 15.1. The molecule has 0 saturated heterocycles. The van der Waals surface area contributed by atoms with Gasteiger partial charge in [0.2, 0.25) is 10.0 Å². The lowest BCUT2D eigenvalue weighted by molar-refractivity contribution is 0.453. The Balaban J connectivity index is 2.50. The van der Waals surface area contributed by atoms with Gasteiger partial charge in [0.05, 0.1) is 6.54 Å². The Labute approximate surface area is 119 Å². The highest BCUT2D eigenvalue weighted by Gasteiger charge is 2.26. The molecular formula is C10H14N6O4S. The van der Waals surface area contributed by atoms with Crippen molar-refractivity contribution in [2.75, 3.05) is 7.05 Å².